The molecule has 20 heavy (non-hydrogen) atoms. The van der Waals surface area contributed by atoms with E-state index < -0.39 is 0 Å². The van der Waals surface area contributed by atoms with Crippen LogP contribution in [0.1, 0.15) is 63.1 Å². The highest BCUT2D eigenvalue weighted by Crippen LogP contribution is 2.47. The molecule has 1 N–H and O–H groups in total. The Kier molecular flexibility index (Phi) is 5.09. The Labute approximate surface area is 123 Å². The lowest BCUT2D eigenvalue weighted by Crippen LogP contribution is -2.38. The second-order valence-electron chi connectivity index (χ2n) is 6.45. The van der Waals surface area contributed by atoms with Gasteiger partial charge in [0.1, 0.15) is 5.75 Å². The highest BCUT2D eigenvalue weighted by atomic mass is 16.5. The van der Waals surface area contributed by atoms with E-state index in [9.17, 15) is 0 Å². The Morgan fingerprint density at radius 2 is 1.95 bits per heavy atom. The molecular weight excluding hydrogens is 246 g/mol. The summed E-state index contributed by atoms with van der Waals surface area (Å²) in [4.78, 5) is 0. The molecule has 2 heteroatoms. The Bertz CT molecular complexity index is 435. The Morgan fingerprint density at radius 1 is 1.25 bits per heavy atom. The van der Waals surface area contributed by atoms with Crippen molar-refractivity contribution >= 4 is 0 Å². The summed E-state index contributed by atoms with van der Waals surface area (Å²) in [6.45, 7) is 7.80. The fourth-order valence-electron chi connectivity index (χ4n) is 3.66. The highest BCUT2D eigenvalue weighted by molar-refractivity contribution is 5.40. The summed E-state index contributed by atoms with van der Waals surface area (Å²) in [5.74, 6) is 1.02. The van der Waals surface area contributed by atoms with Crippen molar-refractivity contribution in [1.29, 1.82) is 0 Å². The van der Waals surface area contributed by atoms with E-state index in [1.807, 2.05) is 0 Å². The lowest BCUT2D eigenvalue weighted by atomic mass is 9.68. The van der Waals surface area contributed by atoms with Gasteiger partial charge in [0.15, 0.2) is 0 Å². The Hall–Kier alpha value is -1.02. The number of rotatable bonds is 5. The van der Waals surface area contributed by atoms with Gasteiger partial charge >= 0.3 is 0 Å². The van der Waals surface area contributed by atoms with E-state index in [0.717, 1.165) is 12.3 Å². The molecule has 0 heterocycles. The average Bonchev–Trinajstić information content (AvgIpc) is 2.45. The first-order valence-electron chi connectivity index (χ1n) is 7.98. The predicted octanol–water partition coefficient (Wildman–Crippen LogP) is 4.62. The molecule has 0 aliphatic heterocycles. The topological polar surface area (TPSA) is 21.3 Å². The molecule has 1 saturated carbocycles. The number of hydrogen-bond donors (Lipinski definition) is 1. The third-order valence-electron chi connectivity index (χ3n) is 4.80. The van der Waals surface area contributed by atoms with Crippen LogP contribution in [0.4, 0.5) is 0 Å². The first-order chi connectivity index (χ1) is 9.60. The van der Waals surface area contributed by atoms with Crippen LogP contribution in [0.25, 0.3) is 0 Å². The molecule has 0 amide bonds. The molecule has 2 nitrogen and oxygen atoms in total. The maximum absolute atomic E-state index is 5.62. The molecule has 1 aromatic rings. The largest absolute Gasteiger partial charge is 0.496 e. The van der Waals surface area contributed by atoms with Crippen molar-refractivity contribution in [2.45, 2.75) is 58.9 Å². The zero-order valence-electron chi connectivity index (χ0n) is 13.5. The van der Waals surface area contributed by atoms with Crippen molar-refractivity contribution < 1.29 is 4.74 Å². The maximum atomic E-state index is 5.62. The number of ether oxygens (including phenoxy) is 1. The third kappa shape index (κ3) is 3.17. The molecule has 112 valence electrons. The summed E-state index contributed by atoms with van der Waals surface area (Å²) in [7, 11) is 1.78. The number of nitrogens with one attached hydrogen (secondary N) is 1. The number of benzene rings is 1. The summed E-state index contributed by atoms with van der Waals surface area (Å²) in [5, 5.41) is 3.73. The van der Waals surface area contributed by atoms with Crippen molar-refractivity contribution in [3.8, 4) is 5.75 Å². The van der Waals surface area contributed by atoms with E-state index in [0.29, 0.717) is 11.5 Å². The van der Waals surface area contributed by atoms with Gasteiger partial charge in [-0.1, -0.05) is 50.8 Å². The Morgan fingerprint density at radius 3 is 2.55 bits per heavy atom. The van der Waals surface area contributed by atoms with Gasteiger partial charge in [-0.3, -0.25) is 0 Å². The first kappa shape index (κ1) is 15.4. The van der Waals surface area contributed by atoms with Crippen molar-refractivity contribution in [2.75, 3.05) is 13.7 Å². The zero-order chi connectivity index (χ0) is 14.6. The second-order valence-corrected chi connectivity index (χ2v) is 6.45. The van der Waals surface area contributed by atoms with Gasteiger partial charge in [0, 0.05) is 11.6 Å². The standard InChI is InChI=1S/C18H29NO/c1-5-19-17(18(3)11-7-6-8-12-18)15-13-14(2)9-10-16(15)20-4/h9-10,13,17,19H,5-8,11-12H2,1-4H3. The van der Waals surface area contributed by atoms with E-state index in [1.165, 1.54) is 43.2 Å². The van der Waals surface area contributed by atoms with E-state index in [2.05, 4.69) is 44.3 Å². The van der Waals surface area contributed by atoms with Gasteiger partial charge in [0.25, 0.3) is 0 Å². The Balaban J connectivity index is 2.39. The molecule has 0 spiro atoms. The normalized spacial score (nSPS) is 19.6. The summed E-state index contributed by atoms with van der Waals surface area (Å²) < 4.78 is 5.62. The van der Waals surface area contributed by atoms with Gasteiger partial charge in [0.2, 0.25) is 0 Å². The van der Waals surface area contributed by atoms with Crippen LogP contribution in [0, 0.1) is 12.3 Å². The van der Waals surface area contributed by atoms with Gasteiger partial charge in [-0.15, -0.1) is 0 Å². The van der Waals surface area contributed by atoms with Crippen LogP contribution in [0.15, 0.2) is 18.2 Å². The van der Waals surface area contributed by atoms with Gasteiger partial charge in [-0.2, -0.15) is 0 Å². The number of hydrogen-bond acceptors (Lipinski definition) is 2. The molecule has 0 saturated heterocycles. The van der Waals surface area contributed by atoms with Crippen molar-refractivity contribution in [3.63, 3.8) is 0 Å². The summed E-state index contributed by atoms with van der Waals surface area (Å²) in [5.41, 5.74) is 2.98. The minimum absolute atomic E-state index is 0.343. The fraction of sp³-hybridized carbons (Fsp3) is 0.667. The van der Waals surface area contributed by atoms with Crippen molar-refractivity contribution in [3.05, 3.63) is 29.3 Å². The van der Waals surface area contributed by atoms with Crippen LogP contribution < -0.4 is 10.1 Å². The highest BCUT2D eigenvalue weighted by Gasteiger charge is 2.37. The molecule has 1 aromatic carbocycles. The molecule has 1 aliphatic carbocycles. The van der Waals surface area contributed by atoms with Crippen LogP contribution in [0.2, 0.25) is 0 Å². The number of methoxy groups -OCH3 is 1. The molecule has 1 unspecified atom stereocenters. The molecule has 0 aromatic heterocycles. The van der Waals surface area contributed by atoms with Crippen LogP contribution in [0.5, 0.6) is 5.75 Å². The van der Waals surface area contributed by atoms with Crippen LogP contribution in [-0.4, -0.2) is 13.7 Å². The van der Waals surface area contributed by atoms with E-state index in [1.54, 1.807) is 7.11 Å². The van der Waals surface area contributed by atoms with Crippen LogP contribution >= 0.6 is 0 Å². The molecule has 1 fully saturated rings. The lowest BCUT2D eigenvalue weighted by molar-refractivity contribution is 0.144. The molecule has 1 aliphatic rings. The third-order valence-corrected chi connectivity index (χ3v) is 4.80. The molecule has 1 atom stereocenters. The van der Waals surface area contributed by atoms with Crippen LogP contribution in [-0.2, 0) is 0 Å². The van der Waals surface area contributed by atoms with Gasteiger partial charge in [-0.25, -0.2) is 0 Å². The minimum atomic E-state index is 0.343. The molecule has 2 rings (SSSR count). The van der Waals surface area contributed by atoms with E-state index in [-0.39, 0.29) is 0 Å². The quantitative estimate of drug-likeness (QED) is 0.846. The maximum Gasteiger partial charge on any atom is 0.123 e. The molecule has 0 bridgehead atoms. The van der Waals surface area contributed by atoms with Crippen LogP contribution in [0.3, 0.4) is 0 Å². The summed E-state index contributed by atoms with van der Waals surface area (Å²) in [6.07, 6.45) is 6.71. The first-order valence-corrected chi connectivity index (χ1v) is 7.98. The van der Waals surface area contributed by atoms with Gasteiger partial charge < -0.3 is 10.1 Å². The lowest BCUT2D eigenvalue weighted by Gasteiger charge is -2.42. The summed E-state index contributed by atoms with van der Waals surface area (Å²) in [6, 6.07) is 6.93. The second kappa shape index (κ2) is 6.62. The zero-order valence-corrected chi connectivity index (χ0v) is 13.5. The smallest absolute Gasteiger partial charge is 0.123 e. The SMILES string of the molecule is CCNC(c1cc(C)ccc1OC)C1(C)CCCCC1. The number of aryl methyl sites for hydroxylation is 1. The molecule has 0 radical (unpaired) electrons. The van der Waals surface area contributed by atoms with E-state index in [4.69, 9.17) is 4.74 Å². The van der Waals surface area contributed by atoms with Crippen molar-refractivity contribution in [2.24, 2.45) is 5.41 Å². The fourth-order valence-corrected chi connectivity index (χ4v) is 3.66. The molecular formula is C18H29NO. The van der Waals surface area contributed by atoms with Crippen molar-refractivity contribution in [1.82, 2.24) is 5.32 Å². The predicted molar refractivity (Wildman–Crippen MR) is 85.3 cm³/mol. The average molecular weight is 275 g/mol. The monoisotopic (exact) mass is 275 g/mol. The summed E-state index contributed by atoms with van der Waals surface area (Å²) >= 11 is 0. The van der Waals surface area contributed by atoms with Gasteiger partial charge in [0.05, 0.1) is 7.11 Å². The van der Waals surface area contributed by atoms with Gasteiger partial charge in [-0.05, 0) is 37.8 Å². The van der Waals surface area contributed by atoms with E-state index >= 15 is 0 Å². The minimum Gasteiger partial charge on any atom is -0.496 e.